The highest BCUT2D eigenvalue weighted by Crippen LogP contribution is 2.28. The van der Waals surface area contributed by atoms with Crippen LogP contribution in [-0.2, 0) is 9.59 Å². The van der Waals surface area contributed by atoms with E-state index >= 15 is 0 Å². The Kier molecular flexibility index (Phi) is 6.23. The summed E-state index contributed by atoms with van der Waals surface area (Å²) in [6.07, 6.45) is 4.51. The van der Waals surface area contributed by atoms with E-state index < -0.39 is 11.9 Å². The summed E-state index contributed by atoms with van der Waals surface area (Å²) >= 11 is 0. The van der Waals surface area contributed by atoms with E-state index in [1.807, 2.05) is 13.0 Å². The summed E-state index contributed by atoms with van der Waals surface area (Å²) in [4.78, 5) is 24.9. The van der Waals surface area contributed by atoms with Gasteiger partial charge in [-0.1, -0.05) is 6.07 Å². The Morgan fingerprint density at radius 2 is 2.17 bits per heavy atom. The predicted octanol–water partition coefficient (Wildman–Crippen LogP) is 2.43. The number of carbonyl (C=O) groups excluding carboxylic acids is 1. The Morgan fingerprint density at radius 1 is 1.38 bits per heavy atom. The first kappa shape index (κ1) is 17.8. The highest BCUT2D eigenvalue weighted by atomic mass is 16.5. The van der Waals surface area contributed by atoms with Crippen molar-refractivity contribution in [2.75, 3.05) is 26.8 Å². The zero-order valence-electron chi connectivity index (χ0n) is 14.0. The van der Waals surface area contributed by atoms with Crippen molar-refractivity contribution in [3.63, 3.8) is 0 Å². The van der Waals surface area contributed by atoms with E-state index in [9.17, 15) is 9.59 Å². The van der Waals surface area contributed by atoms with Gasteiger partial charge in [-0.25, -0.2) is 0 Å². The van der Waals surface area contributed by atoms with Crippen LogP contribution in [0, 0.1) is 5.92 Å². The van der Waals surface area contributed by atoms with Crippen LogP contribution in [0.15, 0.2) is 24.3 Å². The number of rotatable bonds is 6. The Bertz CT molecular complexity index is 626. The fraction of sp³-hybridized carbons (Fsp3) is 0.444. The predicted molar refractivity (Wildman–Crippen MR) is 90.1 cm³/mol. The maximum atomic E-state index is 12.3. The second-order valence-corrected chi connectivity index (χ2v) is 5.64. The van der Waals surface area contributed by atoms with E-state index in [0.29, 0.717) is 37.5 Å². The third-order valence-corrected chi connectivity index (χ3v) is 3.99. The van der Waals surface area contributed by atoms with Gasteiger partial charge in [0.1, 0.15) is 0 Å². The molecule has 6 heteroatoms. The molecule has 0 aromatic heterocycles. The zero-order valence-corrected chi connectivity index (χ0v) is 14.0. The molecule has 1 unspecified atom stereocenters. The fourth-order valence-corrected chi connectivity index (χ4v) is 2.71. The van der Waals surface area contributed by atoms with Gasteiger partial charge in [-0.3, -0.25) is 9.59 Å². The van der Waals surface area contributed by atoms with Gasteiger partial charge >= 0.3 is 5.97 Å². The topological polar surface area (TPSA) is 76.1 Å². The molecule has 0 spiro atoms. The second kappa shape index (κ2) is 8.38. The average Bonchev–Trinajstić information content (AvgIpc) is 2.60. The lowest BCUT2D eigenvalue weighted by atomic mass is 9.98. The number of methoxy groups -OCH3 is 1. The summed E-state index contributed by atoms with van der Waals surface area (Å²) in [5.41, 5.74) is 0.815. The Balaban J connectivity index is 2.04. The van der Waals surface area contributed by atoms with Crippen LogP contribution < -0.4 is 9.47 Å². The van der Waals surface area contributed by atoms with Crippen LogP contribution in [0.3, 0.4) is 0 Å². The molecule has 1 atom stereocenters. The van der Waals surface area contributed by atoms with Crippen molar-refractivity contribution in [2.45, 2.75) is 19.8 Å². The minimum absolute atomic E-state index is 0.172. The maximum absolute atomic E-state index is 12.3. The van der Waals surface area contributed by atoms with Crippen molar-refractivity contribution < 1.29 is 24.2 Å². The first-order chi connectivity index (χ1) is 11.5. The van der Waals surface area contributed by atoms with E-state index in [1.54, 1.807) is 30.2 Å². The number of hydrogen-bond donors (Lipinski definition) is 1. The normalized spacial score (nSPS) is 17.8. The van der Waals surface area contributed by atoms with Crippen LogP contribution in [0.4, 0.5) is 0 Å². The number of carbonyl (C=O) groups is 2. The molecule has 0 aliphatic carbocycles. The molecule has 2 rings (SSSR count). The Hall–Kier alpha value is -2.50. The number of aliphatic carboxylic acids is 1. The van der Waals surface area contributed by atoms with Crippen LogP contribution in [0.1, 0.15) is 25.3 Å². The van der Waals surface area contributed by atoms with E-state index in [2.05, 4.69) is 0 Å². The van der Waals surface area contributed by atoms with Gasteiger partial charge in [0.05, 0.1) is 19.6 Å². The SMILES string of the molecule is CCOc1ccc(C=CC(=O)N2CCCC(C(=O)O)C2)cc1OC. The second-order valence-electron chi connectivity index (χ2n) is 5.64. The molecule has 1 aromatic carbocycles. The zero-order chi connectivity index (χ0) is 17.5. The number of piperidine rings is 1. The van der Waals surface area contributed by atoms with Gasteiger partial charge in [-0.15, -0.1) is 0 Å². The number of benzene rings is 1. The molecule has 1 aliphatic heterocycles. The largest absolute Gasteiger partial charge is 0.493 e. The number of amides is 1. The summed E-state index contributed by atoms with van der Waals surface area (Å²) in [7, 11) is 1.57. The molecule has 1 aromatic rings. The number of hydrogen-bond acceptors (Lipinski definition) is 4. The molecule has 6 nitrogen and oxygen atoms in total. The molecule has 1 N–H and O–H groups in total. The van der Waals surface area contributed by atoms with Crippen LogP contribution in [0.2, 0.25) is 0 Å². The molecule has 0 bridgehead atoms. The highest BCUT2D eigenvalue weighted by Gasteiger charge is 2.27. The first-order valence-corrected chi connectivity index (χ1v) is 8.05. The lowest BCUT2D eigenvalue weighted by molar-refractivity contribution is -0.144. The third-order valence-electron chi connectivity index (χ3n) is 3.99. The lowest BCUT2D eigenvalue weighted by Gasteiger charge is -2.29. The first-order valence-electron chi connectivity index (χ1n) is 8.05. The van der Waals surface area contributed by atoms with Gasteiger partial charge in [0.25, 0.3) is 0 Å². The number of nitrogens with zero attached hydrogens (tertiary/aromatic N) is 1. The number of carboxylic acids is 1. The summed E-state index contributed by atoms with van der Waals surface area (Å²) < 4.78 is 10.7. The molecule has 24 heavy (non-hydrogen) atoms. The highest BCUT2D eigenvalue weighted by molar-refractivity contribution is 5.92. The molecular weight excluding hydrogens is 310 g/mol. The van der Waals surface area contributed by atoms with E-state index in [0.717, 1.165) is 5.56 Å². The average molecular weight is 333 g/mol. The summed E-state index contributed by atoms with van der Waals surface area (Å²) in [5, 5.41) is 9.09. The lowest BCUT2D eigenvalue weighted by Crippen LogP contribution is -2.41. The molecular formula is C18H23NO5. The van der Waals surface area contributed by atoms with Gasteiger partial charge in [0.15, 0.2) is 11.5 Å². The molecule has 1 heterocycles. The number of carboxylic acid groups (broad SMARTS) is 1. The van der Waals surface area contributed by atoms with Crippen molar-refractivity contribution in [2.24, 2.45) is 5.92 Å². The molecule has 0 radical (unpaired) electrons. The fourth-order valence-electron chi connectivity index (χ4n) is 2.71. The van der Waals surface area contributed by atoms with E-state index in [-0.39, 0.29) is 12.5 Å². The molecule has 1 aliphatic rings. The molecule has 1 fully saturated rings. The third kappa shape index (κ3) is 4.50. The number of likely N-dealkylation sites (tertiary alicyclic amines) is 1. The molecule has 130 valence electrons. The molecule has 1 amide bonds. The monoisotopic (exact) mass is 333 g/mol. The van der Waals surface area contributed by atoms with Crippen molar-refractivity contribution >= 4 is 18.0 Å². The standard InChI is InChI=1S/C18H23NO5/c1-3-24-15-8-6-13(11-16(15)23-2)7-9-17(20)19-10-4-5-14(12-19)18(21)22/h6-9,11,14H,3-5,10,12H2,1-2H3,(H,21,22). The van der Waals surface area contributed by atoms with Crippen LogP contribution >= 0.6 is 0 Å². The van der Waals surface area contributed by atoms with Gasteiger partial charge in [0, 0.05) is 19.2 Å². The summed E-state index contributed by atoms with van der Waals surface area (Å²) in [6.45, 7) is 3.31. The molecule has 1 saturated heterocycles. The summed E-state index contributed by atoms with van der Waals surface area (Å²) in [5.74, 6) is -0.220. The number of ether oxygens (including phenoxy) is 2. The van der Waals surface area contributed by atoms with Gasteiger partial charge in [-0.2, -0.15) is 0 Å². The van der Waals surface area contributed by atoms with Crippen molar-refractivity contribution in [3.8, 4) is 11.5 Å². The van der Waals surface area contributed by atoms with Crippen molar-refractivity contribution in [1.29, 1.82) is 0 Å². The van der Waals surface area contributed by atoms with E-state index in [1.165, 1.54) is 6.08 Å². The minimum Gasteiger partial charge on any atom is -0.493 e. The van der Waals surface area contributed by atoms with Crippen molar-refractivity contribution in [3.05, 3.63) is 29.8 Å². The maximum Gasteiger partial charge on any atom is 0.308 e. The quantitative estimate of drug-likeness (QED) is 0.809. The van der Waals surface area contributed by atoms with Gasteiger partial charge in [0.2, 0.25) is 5.91 Å². The Labute approximate surface area is 141 Å². The van der Waals surface area contributed by atoms with Gasteiger partial charge < -0.3 is 19.5 Å². The van der Waals surface area contributed by atoms with Crippen LogP contribution in [-0.4, -0.2) is 48.7 Å². The smallest absolute Gasteiger partial charge is 0.308 e. The van der Waals surface area contributed by atoms with E-state index in [4.69, 9.17) is 14.6 Å². The van der Waals surface area contributed by atoms with Gasteiger partial charge in [-0.05, 0) is 43.5 Å². The summed E-state index contributed by atoms with van der Waals surface area (Å²) in [6, 6.07) is 5.44. The minimum atomic E-state index is -0.840. The van der Waals surface area contributed by atoms with Crippen LogP contribution in [0.5, 0.6) is 11.5 Å². The molecule has 0 saturated carbocycles. The van der Waals surface area contributed by atoms with Crippen molar-refractivity contribution in [1.82, 2.24) is 4.90 Å². The van der Waals surface area contributed by atoms with Crippen LogP contribution in [0.25, 0.3) is 6.08 Å². The Morgan fingerprint density at radius 3 is 2.83 bits per heavy atom.